The van der Waals surface area contributed by atoms with Gasteiger partial charge in [-0.25, -0.2) is 0 Å². The average Bonchev–Trinajstić information content (AvgIpc) is 2.79. The number of hydrogen-bond acceptors (Lipinski definition) is 5. The molecule has 2 N–H and O–H groups in total. The summed E-state index contributed by atoms with van der Waals surface area (Å²) >= 11 is 0. The van der Waals surface area contributed by atoms with Gasteiger partial charge in [-0.2, -0.15) is 0 Å². The zero-order valence-electron chi connectivity index (χ0n) is 18.4. The molecule has 0 saturated carbocycles. The Balaban J connectivity index is 1.81. The Morgan fingerprint density at radius 3 is 2.58 bits per heavy atom. The van der Waals surface area contributed by atoms with Gasteiger partial charge in [-0.3, -0.25) is 9.69 Å². The monoisotopic (exact) mass is 420 g/mol. The van der Waals surface area contributed by atoms with E-state index in [-0.39, 0.29) is 18.0 Å². The van der Waals surface area contributed by atoms with Crippen molar-refractivity contribution in [3.63, 3.8) is 0 Å². The van der Waals surface area contributed by atoms with Gasteiger partial charge in [-0.1, -0.05) is 42.5 Å². The second kappa shape index (κ2) is 11.5. The van der Waals surface area contributed by atoms with Gasteiger partial charge in [0, 0.05) is 44.7 Å². The van der Waals surface area contributed by atoms with Gasteiger partial charge in [-0.05, 0) is 48.8 Å². The molecule has 0 spiro atoms. The summed E-state index contributed by atoms with van der Waals surface area (Å²) in [5.74, 6) is 0.879. The molecule has 1 heterocycles. The van der Waals surface area contributed by atoms with Crippen molar-refractivity contribution in [2.75, 3.05) is 39.3 Å². The first-order chi connectivity index (χ1) is 15.1. The Labute approximate surface area is 185 Å². The Kier molecular flexibility index (Phi) is 8.44. The van der Waals surface area contributed by atoms with Crippen molar-refractivity contribution in [2.24, 2.45) is 0 Å². The highest BCUT2D eigenvalue weighted by atomic mass is 16.5. The van der Waals surface area contributed by atoms with Crippen molar-refractivity contribution in [3.8, 4) is 11.5 Å². The lowest BCUT2D eigenvalue weighted by Gasteiger charge is -2.27. The molecule has 0 aliphatic carbocycles. The molecule has 0 radical (unpaired) electrons. The molecule has 0 atom stereocenters. The molecule has 5 nitrogen and oxygen atoms in total. The van der Waals surface area contributed by atoms with Crippen LogP contribution in [0.1, 0.15) is 31.4 Å². The molecular weight excluding hydrogens is 388 g/mol. The van der Waals surface area contributed by atoms with Crippen molar-refractivity contribution in [1.29, 1.82) is 0 Å². The van der Waals surface area contributed by atoms with E-state index in [4.69, 9.17) is 4.74 Å². The highest BCUT2D eigenvalue weighted by Crippen LogP contribution is 2.33. The molecule has 2 aromatic rings. The second-order valence-electron chi connectivity index (χ2n) is 7.78. The summed E-state index contributed by atoms with van der Waals surface area (Å²) in [7, 11) is 0. The van der Waals surface area contributed by atoms with Crippen molar-refractivity contribution in [2.45, 2.75) is 20.3 Å². The van der Waals surface area contributed by atoms with E-state index in [0.717, 1.165) is 49.4 Å². The van der Waals surface area contributed by atoms with Gasteiger partial charge < -0.3 is 15.2 Å². The Hall–Kier alpha value is -2.89. The van der Waals surface area contributed by atoms with Gasteiger partial charge in [0.1, 0.15) is 23.9 Å². The number of nitrogens with one attached hydrogen (secondary N) is 1. The summed E-state index contributed by atoms with van der Waals surface area (Å²) in [4.78, 5) is 14.4. The first-order valence-electron chi connectivity index (χ1n) is 10.9. The first kappa shape index (κ1) is 22.8. The lowest BCUT2D eigenvalue weighted by atomic mass is 9.94. The van der Waals surface area contributed by atoms with Crippen LogP contribution in [0.4, 0.5) is 0 Å². The molecule has 1 aliphatic heterocycles. The lowest BCUT2D eigenvalue weighted by molar-refractivity contribution is -0.116. The number of ether oxygens (including phenoxy) is 1. The van der Waals surface area contributed by atoms with Gasteiger partial charge in [0.15, 0.2) is 0 Å². The molecule has 0 amide bonds. The fourth-order valence-electron chi connectivity index (χ4n) is 3.73. The molecule has 0 bridgehead atoms. The number of phenolic OH excluding ortho intramolecular Hbond substituents is 1. The van der Waals surface area contributed by atoms with E-state index in [2.05, 4.69) is 10.2 Å². The Bertz CT molecular complexity index is 929. The number of ketones is 1. The molecular formula is C26H32N2O3. The van der Waals surface area contributed by atoms with Crippen LogP contribution in [0.2, 0.25) is 0 Å². The summed E-state index contributed by atoms with van der Waals surface area (Å²) in [6.45, 7) is 9.07. The number of carbonyl (C=O) groups excluding carboxylic acids is 1. The van der Waals surface area contributed by atoms with E-state index in [1.807, 2.05) is 55.5 Å². The third-order valence-electron chi connectivity index (χ3n) is 5.39. The van der Waals surface area contributed by atoms with Gasteiger partial charge in [0.25, 0.3) is 0 Å². The zero-order chi connectivity index (χ0) is 22.1. The summed E-state index contributed by atoms with van der Waals surface area (Å²) in [6.07, 6.45) is 4.23. The van der Waals surface area contributed by atoms with Gasteiger partial charge in [0.05, 0.1) is 0 Å². The van der Waals surface area contributed by atoms with Crippen molar-refractivity contribution in [1.82, 2.24) is 10.2 Å². The third-order valence-corrected chi connectivity index (χ3v) is 5.39. The normalized spacial score (nSPS) is 15.7. The fourth-order valence-corrected chi connectivity index (χ4v) is 3.73. The number of hydrogen-bond donors (Lipinski definition) is 2. The van der Waals surface area contributed by atoms with E-state index in [0.29, 0.717) is 17.9 Å². The van der Waals surface area contributed by atoms with Crippen LogP contribution in [0.3, 0.4) is 0 Å². The molecule has 2 aromatic carbocycles. The maximum absolute atomic E-state index is 12.0. The SMILES string of the molecule is C/C=C(\C=C(/CC(C)=O)c1cc(OCCN2CCNCC2)ccc1O)c1ccccc1. The Morgan fingerprint density at radius 2 is 1.90 bits per heavy atom. The van der Waals surface area contributed by atoms with Crippen LogP contribution >= 0.6 is 0 Å². The number of phenols is 1. The summed E-state index contributed by atoms with van der Waals surface area (Å²) < 4.78 is 5.98. The third kappa shape index (κ3) is 6.81. The maximum Gasteiger partial charge on any atom is 0.134 e. The van der Waals surface area contributed by atoms with Crippen molar-refractivity contribution >= 4 is 16.9 Å². The fraction of sp³-hybridized carbons (Fsp3) is 0.346. The minimum Gasteiger partial charge on any atom is -0.507 e. The van der Waals surface area contributed by atoms with Crippen LogP contribution in [0.5, 0.6) is 11.5 Å². The summed E-state index contributed by atoms with van der Waals surface area (Å²) in [5, 5.41) is 13.9. The van der Waals surface area contributed by atoms with E-state index < -0.39 is 0 Å². The van der Waals surface area contributed by atoms with Crippen LogP contribution in [0.25, 0.3) is 11.1 Å². The molecule has 1 fully saturated rings. The first-order valence-corrected chi connectivity index (χ1v) is 10.9. The smallest absolute Gasteiger partial charge is 0.134 e. The Morgan fingerprint density at radius 1 is 1.16 bits per heavy atom. The van der Waals surface area contributed by atoms with Crippen LogP contribution in [0, 0.1) is 0 Å². The van der Waals surface area contributed by atoms with Crippen LogP contribution in [-0.2, 0) is 4.79 Å². The number of benzene rings is 2. The minimum atomic E-state index is 0.0409. The van der Waals surface area contributed by atoms with Crippen molar-refractivity contribution in [3.05, 3.63) is 71.8 Å². The zero-order valence-corrected chi connectivity index (χ0v) is 18.4. The number of allylic oxidation sites excluding steroid dienone is 4. The molecule has 31 heavy (non-hydrogen) atoms. The largest absolute Gasteiger partial charge is 0.507 e. The maximum atomic E-state index is 12.0. The standard InChI is InChI=1S/C26H32N2O3/c1-3-21(22-7-5-4-6-8-22)18-23(17-20(2)29)25-19-24(9-10-26(25)30)31-16-15-28-13-11-27-12-14-28/h3-10,18-19,27,30H,11-17H2,1-2H3/b21-3+,23-18+. The number of rotatable bonds is 9. The summed E-state index contributed by atoms with van der Waals surface area (Å²) in [5.41, 5.74) is 3.47. The number of nitrogens with zero attached hydrogens (tertiary/aromatic N) is 1. The van der Waals surface area contributed by atoms with Crippen LogP contribution in [-0.4, -0.2) is 55.1 Å². The van der Waals surface area contributed by atoms with E-state index in [9.17, 15) is 9.90 Å². The minimum absolute atomic E-state index is 0.0409. The van der Waals surface area contributed by atoms with Gasteiger partial charge in [0.2, 0.25) is 0 Å². The average molecular weight is 421 g/mol. The predicted octanol–water partition coefficient (Wildman–Crippen LogP) is 4.14. The van der Waals surface area contributed by atoms with E-state index in [1.165, 1.54) is 0 Å². The topological polar surface area (TPSA) is 61.8 Å². The van der Waals surface area contributed by atoms with E-state index >= 15 is 0 Å². The predicted molar refractivity (Wildman–Crippen MR) is 126 cm³/mol. The summed E-state index contributed by atoms with van der Waals surface area (Å²) in [6, 6.07) is 15.3. The highest BCUT2D eigenvalue weighted by molar-refractivity contribution is 5.94. The lowest BCUT2D eigenvalue weighted by Crippen LogP contribution is -2.44. The molecule has 164 valence electrons. The van der Waals surface area contributed by atoms with E-state index in [1.54, 1.807) is 19.1 Å². The van der Waals surface area contributed by atoms with Gasteiger partial charge in [-0.15, -0.1) is 0 Å². The molecule has 1 aliphatic rings. The molecule has 3 rings (SSSR count). The second-order valence-corrected chi connectivity index (χ2v) is 7.78. The number of Topliss-reactive ketones (excluding diaryl/α,β-unsaturated/α-hetero) is 1. The highest BCUT2D eigenvalue weighted by Gasteiger charge is 2.14. The quantitative estimate of drug-likeness (QED) is 0.597. The molecule has 0 aromatic heterocycles. The van der Waals surface area contributed by atoms with Crippen LogP contribution in [0.15, 0.2) is 60.7 Å². The molecule has 0 unspecified atom stereocenters. The number of piperazine rings is 1. The van der Waals surface area contributed by atoms with Crippen molar-refractivity contribution < 1.29 is 14.6 Å². The van der Waals surface area contributed by atoms with Gasteiger partial charge >= 0.3 is 0 Å². The molecule has 5 heteroatoms. The number of carbonyl (C=O) groups is 1. The number of aromatic hydroxyl groups is 1. The molecule has 1 saturated heterocycles. The van der Waals surface area contributed by atoms with Crippen LogP contribution < -0.4 is 10.1 Å².